The predicted octanol–water partition coefficient (Wildman–Crippen LogP) is 3.90. The first-order chi connectivity index (χ1) is 10.0. The van der Waals surface area contributed by atoms with E-state index in [1.165, 1.54) is 12.7 Å². The number of rotatable bonds is 4. The van der Waals surface area contributed by atoms with Gasteiger partial charge in [0, 0.05) is 11.6 Å². The molecule has 0 aliphatic carbocycles. The number of amides is 1. The van der Waals surface area contributed by atoms with E-state index in [1.807, 2.05) is 26.0 Å². The number of carbonyl (C=O) groups excluding carboxylic acids is 1. The number of hydrogen-bond acceptors (Lipinski definition) is 2. The van der Waals surface area contributed by atoms with E-state index in [2.05, 4.69) is 11.4 Å². The number of nitrogens with one attached hydrogen (secondary N) is 1. The SMILES string of the molecule is COc1ccc(Cl)cc1C(=O)NCc1ccc(C)cc1C. The molecule has 0 aliphatic heterocycles. The van der Waals surface area contributed by atoms with E-state index in [-0.39, 0.29) is 5.91 Å². The van der Waals surface area contributed by atoms with Crippen LogP contribution >= 0.6 is 11.6 Å². The van der Waals surface area contributed by atoms with Crippen molar-refractivity contribution in [1.82, 2.24) is 5.32 Å². The van der Waals surface area contributed by atoms with Crippen molar-refractivity contribution in [3.05, 3.63) is 63.7 Å². The second-order valence-corrected chi connectivity index (χ2v) is 5.39. The molecule has 1 amide bonds. The Hall–Kier alpha value is -2.00. The van der Waals surface area contributed by atoms with Gasteiger partial charge >= 0.3 is 0 Å². The van der Waals surface area contributed by atoms with Gasteiger partial charge in [-0.05, 0) is 43.2 Å². The van der Waals surface area contributed by atoms with Crippen LogP contribution in [0.2, 0.25) is 5.02 Å². The van der Waals surface area contributed by atoms with Gasteiger partial charge in [-0.15, -0.1) is 0 Å². The first-order valence-corrected chi connectivity index (χ1v) is 7.07. The molecule has 110 valence electrons. The summed E-state index contributed by atoms with van der Waals surface area (Å²) in [5.41, 5.74) is 3.90. The van der Waals surface area contributed by atoms with E-state index in [4.69, 9.17) is 16.3 Å². The predicted molar refractivity (Wildman–Crippen MR) is 85.1 cm³/mol. The largest absolute Gasteiger partial charge is 0.496 e. The highest BCUT2D eigenvalue weighted by Gasteiger charge is 2.13. The Balaban J connectivity index is 2.13. The zero-order valence-corrected chi connectivity index (χ0v) is 13.1. The molecular weight excluding hydrogens is 286 g/mol. The molecular formula is C17H18ClNO2. The van der Waals surface area contributed by atoms with Gasteiger partial charge in [0.05, 0.1) is 12.7 Å². The summed E-state index contributed by atoms with van der Waals surface area (Å²) in [5.74, 6) is 0.312. The number of aryl methyl sites for hydroxylation is 2. The first kappa shape index (κ1) is 15.4. The Labute approximate surface area is 129 Å². The Bertz CT molecular complexity index is 668. The van der Waals surface area contributed by atoms with Crippen LogP contribution < -0.4 is 10.1 Å². The Morgan fingerprint density at radius 1 is 1.19 bits per heavy atom. The lowest BCUT2D eigenvalue weighted by Gasteiger charge is -2.11. The number of benzene rings is 2. The van der Waals surface area contributed by atoms with Crippen LogP contribution in [0, 0.1) is 13.8 Å². The molecule has 0 fully saturated rings. The quantitative estimate of drug-likeness (QED) is 0.930. The topological polar surface area (TPSA) is 38.3 Å². The third kappa shape index (κ3) is 3.76. The van der Waals surface area contributed by atoms with E-state index in [0.29, 0.717) is 22.9 Å². The van der Waals surface area contributed by atoms with Gasteiger partial charge in [0.15, 0.2) is 0 Å². The molecule has 2 aromatic rings. The molecule has 0 aromatic heterocycles. The minimum absolute atomic E-state index is 0.200. The van der Waals surface area contributed by atoms with Gasteiger partial charge < -0.3 is 10.1 Å². The summed E-state index contributed by atoms with van der Waals surface area (Å²) in [5, 5.41) is 3.41. The maximum atomic E-state index is 12.3. The molecule has 4 heteroatoms. The molecule has 0 saturated carbocycles. The van der Waals surface area contributed by atoms with Crippen molar-refractivity contribution in [1.29, 1.82) is 0 Å². The van der Waals surface area contributed by atoms with Crippen molar-refractivity contribution in [3.63, 3.8) is 0 Å². The minimum atomic E-state index is -0.200. The molecule has 1 N–H and O–H groups in total. The molecule has 0 radical (unpaired) electrons. The van der Waals surface area contributed by atoms with Crippen molar-refractivity contribution < 1.29 is 9.53 Å². The highest BCUT2D eigenvalue weighted by atomic mass is 35.5. The van der Waals surface area contributed by atoms with Crippen LogP contribution in [0.25, 0.3) is 0 Å². The maximum absolute atomic E-state index is 12.3. The molecule has 0 heterocycles. The zero-order valence-electron chi connectivity index (χ0n) is 12.4. The smallest absolute Gasteiger partial charge is 0.255 e. The van der Waals surface area contributed by atoms with Crippen molar-refractivity contribution in [2.24, 2.45) is 0 Å². The monoisotopic (exact) mass is 303 g/mol. The lowest BCUT2D eigenvalue weighted by atomic mass is 10.1. The standard InChI is InChI=1S/C17H18ClNO2/c1-11-4-5-13(12(2)8-11)10-19-17(20)15-9-14(18)6-7-16(15)21-3/h4-9H,10H2,1-3H3,(H,19,20). The summed E-state index contributed by atoms with van der Waals surface area (Å²) in [6.07, 6.45) is 0. The Morgan fingerprint density at radius 2 is 1.95 bits per heavy atom. The highest BCUT2D eigenvalue weighted by Crippen LogP contribution is 2.22. The van der Waals surface area contributed by atoms with Gasteiger partial charge in [-0.2, -0.15) is 0 Å². The van der Waals surface area contributed by atoms with Crippen LogP contribution in [0.4, 0.5) is 0 Å². The van der Waals surface area contributed by atoms with Crippen LogP contribution in [0.3, 0.4) is 0 Å². The molecule has 0 spiro atoms. The molecule has 0 aliphatic rings. The van der Waals surface area contributed by atoms with Gasteiger partial charge in [-0.25, -0.2) is 0 Å². The molecule has 0 atom stereocenters. The average Bonchev–Trinajstić information content (AvgIpc) is 2.46. The summed E-state index contributed by atoms with van der Waals surface area (Å²) in [6.45, 7) is 4.56. The van der Waals surface area contributed by atoms with Crippen molar-refractivity contribution in [2.75, 3.05) is 7.11 Å². The molecule has 0 bridgehead atoms. The fourth-order valence-corrected chi connectivity index (χ4v) is 2.34. The molecule has 0 saturated heterocycles. The summed E-state index contributed by atoms with van der Waals surface area (Å²) in [4.78, 5) is 12.3. The fourth-order valence-electron chi connectivity index (χ4n) is 2.17. The lowest BCUT2D eigenvalue weighted by Crippen LogP contribution is -2.23. The van der Waals surface area contributed by atoms with E-state index < -0.39 is 0 Å². The Morgan fingerprint density at radius 3 is 2.62 bits per heavy atom. The molecule has 2 aromatic carbocycles. The van der Waals surface area contributed by atoms with Crippen LogP contribution in [-0.2, 0) is 6.54 Å². The van der Waals surface area contributed by atoms with E-state index in [9.17, 15) is 4.79 Å². The molecule has 2 rings (SSSR count). The molecule has 21 heavy (non-hydrogen) atoms. The molecule has 3 nitrogen and oxygen atoms in total. The third-order valence-corrected chi connectivity index (χ3v) is 3.58. The summed E-state index contributed by atoms with van der Waals surface area (Å²) in [6, 6.07) is 11.2. The van der Waals surface area contributed by atoms with Crippen LogP contribution in [0.15, 0.2) is 36.4 Å². The van der Waals surface area contributed by atoms with E-state index in [1.54, 1.807) is 18.2 Å². The summed E-state index contributed by atoms with van der Waals surface area (Å²) in [7, 11) is 1.53. The van der Waals surface area contributed by atoms with Crippen LogP contribution in [0.5, 0.6) is 5.75 Å². The minimum Gasteiger partial charge on any atom is -0.496 e. The van der Waals surface area contributed by atoms with Crippen molar-refractivity contribution in [2.45, 2.75) is 20.4 Å². The molecule has 0 unspecified atom stereocenters. The number of carbonyl (C=O) groups is 1. The van der Waals surface area contributed by atoms with Crippen molar-refractivity contribution >= 4 is 17.5 Å². The normalized spacial score (nSPS) is 10.3. The lowest BCUT2D eigenvalue weighted by molar-refractivity contribution is 0.0948. The maximum Gasteiger partial charge on any atom is 0.255 e. The third-order valence-electron chi connectivity index (χ3n) is 3.34. The number of hydrogen-bond donors (Lipinski definition) is 1. The average molecular weight is 304 g/mol. The number of halogens is 1. The second-order valence-electron chi connectivity index (χ2n) is 4.96. The van der Waals surface area contributed by atoms with Crippen molar-refractivity contribution in [3.8, 4) is 5.75 Å². The van der Waals surface area contributed by atoms with Gasteiger partial charge in [-0.3, -0.25) is 4.79 Å². The zero-order chi connectivity index (χ0) is 15.4. The van der Waals surface area contributed by atoms with Gasteiger partial charge in [0.1, 0.15) is 5.75 Å². The summed E-state index contributed by atoms with van der Waals surface area (Å²) >= 11 is 5.94. The first-order valence-electron chi connectivity index (χ1n) is 6.69. The summed E-state index contributed by atoms with van der Waals surface area (Å²) < 4.78 is 5.19. The van der Waals surface area contributed by atoms with Gasteiger partial charge in [0.2, 0.25) is 0 Å². The van der Waals surface area contributed by atoms with E-state index >= 15 is 0 Å². The van der Waals surface area contributed by atoms with Gasteiger partial charge in [-0.1, -0.05) is 35.4 Å². The van der Waals surface area contributed by atoms with Crippen LogP contribution in [0.1, 0.15) is 27.0 Å². The highest BCUT2D eigenvalue weighted by molar-refractivity contribution is 6.31. The Kier molecular flexibility index (Phi) is 4.86. The number of ether oxygens (including phenoxy) is 1. The fraction of sp³-hybridized carbons (Fsp3) is 0.235. The van der Waals surface area contributed by atoms with E-state index in [0.717, 1.165) is 11.1 Å². The van der Waals surface area contributed by atoms with Crippen LogP contribution in [-0.4, -0.2) is 13.0 Å². The van der Waals surface area contributed by atoms with Gasteiger partial charge in [0.25, 0.3) is 5.91 Å². The second kappa shape index (κ2) is 6.64. The number of methoxy groups -OCH3 is 1.